The van der Waals surface area contributed by atoms with Gasteiger partial charge in [-0.3, -0.25) is 5.43 Å². The summed E-state index contributed by atoms with van der Waals surface area (Å²) in [5.41, 5.74) is 1.70. The summed E-state index contributed by atoms with van der Waals surface area (Å²) >= 11 is 0. The van der Waals surface area contributed by atoms with Crippen molar-refractivity contribution in [3.05, 3.63) is 0 Å². The Labute approximate surface area is 93.9 Å². The van der Waals surface area contributed by atoms with Gasteiger partial charge in [-0.1, -0.05) is 0 Å². The predicted molar refractivity (Wildman–Crippen MR) is 55.1 cm³/mol. The van der Waals surface area contributed by atoms with E-state index in [1.807, 2.05) is 0 Å². The van der Waals surface area contributed by atoms with E-state index < -0.39 is 24.2 Å². The molecule has 1 fully saturated rings. The van der Waals surface area contributed by atoms with Gasteiger partial charge in [-0.05, 0) is 27.2 Å². The highest BCUT2D eigenvalue weighted by atomic mass is 19.3. The molecule has 0 spiro atoms. The number of nitrogens with one attached hydrogen (secondary N) is 1. The zero-order valence-electron chi connectivity index (χ0n) is 9.85. The number of alkyl halides is 2. The number of piperidine rings is 1. The minimum atomic E-state index is -2.73. The van der Waals surface area contributed by atoms with E-state index in [1.54, 1.807) is 20.8 Å². The Balaban J connectivity index is 2.40. The maximum absolute atomic E-state index is 13.0. The van der Waals surface area contributed by atoms with Crippen LogP contribution >= 0.6 is 0 Å². The van der Waals surface area contributed by atoms with Gasteiger partial charge in [0.15, 0.2) is 0 Å². The summed E-state index contributed by atoms with van der Waals surface area (Å²) in [6.45, 7) is 5.13. The third-order valence-electron chi connectivity index (χ3n) is 2.04. The summed E-state index contributed by atoms with van der Waals surface area (Å²) in [7, 11) is 0. The molecule has 0 aromatic heterocycles. The van der Waals surface area contributed by atoms with Gasteiger partial charge in [0.05, 0.1) is 6.54 Å². The number of hydrogen-bond donors (Lipinski definition) is 1. The number of carbonyl (C=O) groups excluding carboxylic acids is 1. The maximum Gasteiger partial charge on any atom is 0.422 e. The fourth-order valence-electron chi connectivity index (χ4n) is 1.49. The number of amides is 1. The van der Waals surface area contributed by atoms with Crippen molar-refractivity contribution < 1.29 is 18.3 Å². The second-order valence-corrected chi connectivity index (χ2v) is 4.99. The van der Waals surface area contributed by atoms with Gasteiger partial charge in [-0.2, -0.15) is 0 Å². The van der Waals surface area contributed by atoms with Crippen molar-refractivity contribution in [1.29, 1.82) is 0 Å². The van der Waals surface area contributed by atoms with E-state index >= 15 is 0 Å². The lowest BCUT2D eigenvalue weighted by atomic mass is 10.1. The molecule has 0 atom stereocenters. The van der Waals surface area contributed by atoms with Gasteiger partial charge < -0.3 is 4.74 Å². The first-order chi connectivity index (χ1) is 7.18. The molecule has 0 aromatic rings. The van der Waals surface area contributed by atoms with Crippen molar-refractivity contribution in [1.82, 2.24) is 10.4 Å². The van der Waals surface area contributed by atoms with Gasteiger partial charge in [-0.15, -0.1) is 0 Å². The molecule has 0 aliphatic carbocycles. The number of rotatable bonds is 1. The van der Waals surface area contributed by atoms with E-state index in [4.69, 9.17) is 4.74 Å². The smallest absolute Gasteiger partial charge is 0.422 e. The van der Waals surface area contributed by atoms with E-state index in [0.29, 0.717) is 13.0 Å². The summed E-state index contributed by atoms with van der Waals surface area (Å²) in [5.74, 6) is -2.73. The van der Waals surface area contributed by atoms with E-state index in [2.05, 4.69) is 5.43 Å². The molecule has 0 aromatic carbocycles. The fourth-order valence-corrected chi connectivity index (χ4v) is 1.49. The molecule has 0 radical (unpaired) electrons. The number of nitrogens with zero attached hydrogens (tertiary/aromatic N) is 1. The molecular formula is C10H18F2N2O2. The second kappa shape index (κ2) is 4.53. The summed E-state index contributed by atoms with van der Waals surface area (Å²) < 4.78 is 31.0. The zero-order valence-corrected chi connectivity index (χ0v) is 9.85. The quantitative estimate of drug-likeness (QED) is 0.758. The standard InChI is InChI=1S/C10H18F2N2O2/c1-9(2,3)16-8(15)13-14-6-4-5-10(11,12)7-14/h4-7H2,1-3H3,(H,13,15). The van der Waals surface area contributed by atoms with E-state index in [-0.39, 0.29) is 6.42 Å². The Morgan fingerprint density at radius 3 is 2.56 bits per heavy atom. The van der Waals surface area contributed by atoms with Crippen LogP contribution in [0, 0.1) is 0 Å². The molecule has 0 bridgehead atoms. The average Bonchev–Trinajstić information content (AvgIpc) is 1.96. The molecule has 0 saturated carbocycles. The lowest BCUT2D eigenvalue weighted by Crippen LogP contribution is -2.52. The number of hydrogen-bond acceptors (Lipinski definition) is 3. The first-order valence-electron chi connectivity index (χ1n) is 5.30. The van der Waals surface area contributed by atoms with Gasteiger partial charge in [0.25, 0.3) is 5.92 Å². The summed E-state index contributed by atoms with van der Waals surface area (Å²) in [5, 5.41) is 1.21. The minimum absolute atomic E-state index is 0.125. The highest BCUT2D eigenvalue weighted by Crippen LogP contribution is 2.25. The third-order valence-corrected chi connectivity index (χ3v) is 2.04. The molecule has 6 heteroatoms. The Kier molecular flexibility index (Phi) is 3.72. The largest absolute Gasteiger partial charge is 0.443 e. The van der Waals surface area contributed by atoms with Crippen molar-refractivity contribution in [3.63, 3.8) is 0 Å². The normalized spacial score (nSPS) is 21.6. The molecular weight excluding hydrogens is 218 g/mol. The molecule has 16 heavy (non-hydrogen) atoms. The SMILES string of the molecule is CC(C)(C)OC(=O)NN1CCCC(F)(F)C1. The Bertz CT molecular complexity index is 264. The van der Waals surface area contributed by atoms with Crippen LogP contribution in [-0.2, 0) is 4.74 Å². The fraction of sp³-hybridized carbons (Fsp3) is 0.900. The van der Waals surface area contributed by atoms with Crippen LogP contribution in [0.1, 0.15) is 33.6 Å². The molecule has 1 N–H and O–H groups in total. The number of halogens is 2. The predicted octanol–water partition coefficient (Wildman–Crippen LogP) is 2.16. The molecule has 1 aliphatic heterocycles. The Morgan fingerprint density at radius 2 is 2.06 bits per heavy atom. The molecule has 0 unspecified atom stereocenters. The van der Waals surface area contributed by atoms with Gasteiger partial charge in [-0.25, -0.2) is 18.6 Å². The van der Waals surface area contributed by atoms with E-state index in [1.165, 1.54) is 5.01 Å². The van der Waals surface area contributed by atoms with Crippen molar-refractivity contribution in [2.45, 2.75) is 45.1 Å². The number of ether oxygens (including phenoxy) is 1. The van der Waals surface area contributed by atoms with Crippen LogP contribution in [0.2, 0.25) is 0 Å². The highest BCUT2D eigenvalue weighted by molar-refractivity contribution is 5.67. The van der Waals surface area contributed by atoms with Gasteiger partial charge in [0.1, 0.15) is 5.60 Å². The maximum atomic E-state index is 13.0. The zero-order chi connectivity index (χ0) is 12.4. The molecule has 1 aliphatic rings. The average molecular weight is 236 g/mol. The Hall–Kier alpha value is -0.910. The van der Waals surface area contributed by atoms with Crippen LogP contribution in [0.5, 0.6) is 0 Å². The molecule has 1 heterocycles. The van der Waals surface area contributed by atoms with Crippen LogP contribution in [0.15, 0.2) is 0 Å². The summed E-state index contributed by atoms with van der Waals surface area (Å²) in [6, 6.07) is 0. The van der Waals surface area contributed by atoms with Crippen molar-refractivity contribution in [2.75, 3.05) is 13.1 Å². The van der Waals surface area contributed by atoms with Crippen molar-refractivity contribution >= 4 is 6.09 Å². The van der Waals surface area contributed by atoms with Crippen molar-refractivity contribution in [3.8, 4) is 0 Å². The first-order valence-corrected chi connectivity index (χ1v) is 5.30. The van der Waals surface area contributed by atoms with Crippen LogP contribution in [0.25, 0.3) is 0 Å². The summed E-state index contributed by atoms with van der Waals surface area (Å²) in [4.78, 5) is 11.3. The minimum Gasteiger partial charge on any atom is -0.443 e. The third kappa shape index (κ3) is 4.74. The van der Waals surface area contributed by atoms with Gasteiger partial charge >= 0.3 is 6.09 Å². The van der Waals surface area contributed by atoms with Crippen LogP contribution in [0.3, 0.4) is 0 Å². The Morgan fingerprint density at radius 1 is 1.44 bits per heavy atom. The van der Waals surface area contributed by atoms with Crippen molar-refractivity contribution in [2.24, 2.45) is 0 Å². The molecule has 1 rings (SSSR count). The van der Waals surface area contributed by atoms with Gasteiger partial charge in [0.2, 0.25) is 0 Å². The molecule has 4 nitrogen and oxygen atoms in total. The number of carbonyl (C=O) groups is 1. The molecule has 94 valence electrons. The monoisotopic (exact) mass is 236 g/mol. The number of hydrazine groups is 1. The van der Waals surface area contributed by atoms with E-state index in [9.17, 15) is 13.6 Å². The van der Waals surface area contributed by atoms with Crippen LogP contribution in [0.4, 0.5) is 13.6 Å². The van der Waals surface area contributed by atoms with Crippen LogP contribution in [-0.4, -0.2) is 35.7 Å². The molecule has 1 saturated heterocycles. The first kappa shape index (κ1) is 13.2. The lowest BCUT2D eigenvalue weighted by Gasteiger charge is -2.32. The molecule has 1 amide bonds. The second-order valence-electron chi connectivity index (χ2n) is 4.99. The van der Waals surface area contributed by atoms with E-state index in [0.717, 1.165) is 0 Å². The lowest BCUT2D eigenvalue weighted by molar-refractivity contribution is -0.0786. The highest BCUT2D eigenvalue weighted by Gasteiger charge is 2.36. The summed E-state index contributed by atoms with van der Waals surface area (Å²) in [6.07, 6.45) is -0.451. The van der Waals surface area contributed by atoms with Crippen LogP contribution < -0.4 is 5.43 Å². The van der Waals surface area contributed by atoms with Gasteiger partial charge in [0, 0.05) is 13.0 Å². The topological polar surface area (TPSA) is 41.6 Å².